The molecule has 3 aromatic rings. The smallest absolute Gasteiger partial charge is 0.234 e. The summed E-state index contributed by atoms with van der Waals surface area (Å²) < 4.78 is 22.9. The molecule has 0 N–H and O–H groups in total. The predicted octanol–water partition coefficient (Wildman–Crippen LogP) is 2.02. The topological polar surface area (TPSA) is 68.3 Å². The van der Waals surface area contributed by atoms with Crippen molar-refractivity contribution in [3.8, 4) is 22.3 Å². The van der Waals surface area contributed by atoms with Crippen LogP contribution in [0.1, 0.15) is 0 Å². The minimum atomic E-state index is -3.29. The molecule has 3 aromatic carbocycles. The average molecular weight is 312 g/mol. The van der Waals surface area contributed by atoms with Crippen LogP contribution in [-0.2, 0) is 9.84 Å². The number of hydrogen-bond acceptors (Lipinski definition) is 4. The molecule has 0 aromatic heterocycles. The van der Waals surface area contributed by atoms with Gasteiger partial charge in [-0.1, -0.05) is 42.5 Å². The molecule has 0 heterocycles. The molecule has 22 heavy (non-hydrogen) atoms. The summed E-state index contributed by atoms with van der Waals surface area (Å²) in [5.41, 5.74) is 0.929. The predicted molar refractivity (Wildman–Crippen MR) is 85.3 cm³/mol. The van der Waals surface area contributed by atoms with Crippen LogP contribution in [0.2, 0.25) is 0 Å². The van der Waals surface area contributed by atoms with Crippen molar-refractivity contribution in [2.75, 3.05) is 6.26 Å². The Morgan fingerprint density at radius 1 is 0.682 bits per heavy atom. The summed E-state index contributed by atoms with van der Waals surface area (Å²) >= 11 is 0. The van der Waals surface area contributed by atoms with E-state index in [0.29, 0.717) is 22.3 Å². The Balaban J connectivity index is 2.13. The number of hydrogen-bond donors (Lipinski definition) is 0. The lowest BCUT2D eigenvalue weighted by Crippen LogP contribution is -2.34. The van der Waals surface area contributed by atoms with E-state index in [4.69, 9.17) is 0 Å². The molecule has 0 saturated carbocycles. The summed E-state index contributed by atoms with van der Waals surface area (Å²) in [6.07, 6.45) is 1.12. The van der Waals surface area contributed by atoms with Gasteiger partial charge in [0.05, 0.1) is 4.90 Å². The zero-order chi connectivity index (χ0) is 15.9. The van der Waals surface area contributed by atoms with Gasteiger partial charge in [0.1, 0.15) is 0 Å². The summed E-state index contributed by atoms with van der Waals surface area (Å²) in [7, 11) is -3.29. The Morgan fingerprint density at radius 3 is 1.59 bits per heavy atom. The summed E-state index contributed by atoms with van der Waals surface area (Å²) in [6, 6.07) is 14.9. The van der Waals surface area contributed by atoms with Crippen LogP contribution in [0.5, 0.6) is 0 Å². The number of sulfone groups is 1. The van der Waals surface area contributed by atoms with Gasteiger partial charge in [-0.05, 0) is 23.3 Å². The molecular formula is C17H12O4S. The van der Waals surface area contributed by atoms with Gasteiger partial charge in [-0.15, -0.1) is 0 Å². The van der Waals surface area contributed by atoms with Crippen LogP contribution in [-0.4, -0.2) is 14.7 Å². The molecule has 0 fully saturated rings. The van der Waals surface area contributed by atoms with E-state index in [2.05, 4.69) is 0 Å². The van der Waals surface area contributed by atoms with Gasteiger partial charge in [0.2, 0.25) is 10.9 Å². The lowest BCUT2D eigenvalue weighted by atomic mass is 9.89. The second-order valence-electron chi connectivity index (χ2n) is 5.07. The number of benzene rings is 2. The van der Waals surface area contributed by atoms with Gasteiger partial charge in [0.15, 0.2) is 9.84 Å². The second kappa shape index (κ2) is 5.03. The van der Waals surface area contributed by atoms with E-state index in [1.165, 1.54) is 12.1 Å². The first-order valence-electron chi connectivity index (χ1n) is 6.59. The molecule has 0 spiro atoms. The normalized spacial score (nSPS) is 11.7. The molecule has 0 radical (unpaired) electrons. The van der Waals surface area contributed by atoms with Crippen molar-refractivity contribution in [2.24, 2.45) is 0 Å². The molecule has 110 valence electrons. The minimum Gasteiger partial charge on any atom is -0.285 e. The fourth-order valence-electron chi connectivity index (χ4n) is 2.42. The summed E-state index contributed by atoms with van der Waals surface area (Å²) in [5.74, 6) is 0. The Hall–Kier alpha value is -2.53. The fraction of sp³-hybridized carbons (Fsp3) is 0.0588. The monoisotopic (exact) mass is 312 g/mol. The van der Waals surface area contributed by atoms with E-state index in [-0.39, 0.29) is 4.90 Å². The maximum absolute atomic E-state index is 11.9. The molecule has 4 nitrogen and oxygen atoms in total. The molecule has 0 unspecified atom stereocenters. The molecule has 0 aliphatic rings. The number of rotatable bonds is 3. The summed E-state index contributed by atoms with van der Waals surface area (Å²) in [5, 5.41) is 0. The molecule has 0 saturated heterocycles. The second-order valence-corrected chi connectivity index (χ2v) is 7.09. The first-order valence-corrected chi connectivity index (χ1v) is 8.48. The average Bonchev–Trinajstić information content (AvgIpc) is 2.51. The molecular weight excluding hydrogens is 300 g/mol. The van der Waals surface area contributed by atoms with Crippen molar-refractivity contribution < 1.29 is 8.42 Å². The Labute approximate surface area is 127 Å². The van der Waals surface area contributed by atoms with Crippen LogP contribution >= 0.6 is 0 Å². The molecule has 0 atom stereocenters. The van der Waals surface area contributed by atoms with Gasteiger partial charge in [0, 0.05) is 17.4 Å². The fourth-order valence-corrected chi connectivity index (χ4v) is 3.05. The van der Waals surface area contributed by atoms with Crippen LogP contribution < -0.4 is 10.9 Å². The molecule has 3 rings (SSSR count). The van der Waals surface area contributed by atoms with E-state index in [9.17, 15) is 18.0 Å². The molecule has 0 amide bonds. The zero-order valence-electron chi connectivity index (χ0n) is 11.7. The van der Waals surface area contributed by atoms with Crippen LogP contribution in [0.15, 0.2) is 69.1 Å². The van der Waals surface area contributed by atoms with Crippen molar-refractivity contribution in [3.63, 3.8) is 0 Å². The third-order valence-corrected chi connectivity index (χ3v) is 4.67. The van der Waals surface area contributed by atoms with Gasteiger partial charge < -0.3 is 0 Å². The quantitative estimate of drug-likeness (QED) is 0.694. The SMILES string of the molecule is CS(=O)(=O)c1ccc(-c2c(-c3ccccc3)c(=O)c2=O)cc1. The maximum Gasteiger partial charge on any atom is 0.234 e. The molecule has 0 aliphatic heterocycles. The Kier molecular flexibility index (Phi) is 3.30. The minimum absolute atomic E-state index is 0.177. The Morgan fingerprint density at radius 2 is 1.14 bits per heavy atom. The highest BCUT2D eigenvalue weighted by Crippen LogP contribution is 2.28. The van der Waals surface area contributed by atoms with Crippen molar-refractivity contribution in [1.82, 2.24) is 0 Å². The van der Waals surface area contributed by atoms with Crippen molar-refractivity contribution in [1.29, 1.82) is 0 Å². The van der Waals surface area contributed by atoms with E-state index in [1.807, 2.05) is 6.07 Å². The van der Waals surface area contributed by atoms with Crippen LogP contribution in [0.4, 0.5) is 0 Å². The molecule has 0 bridgehead atoms. The van der Waals surface area contributed by atoms with Gasteiger partial charge in [0.25, 0.3) is 0 Å². The zero-order valence-corrected chi connectivity index (χ0v) is 12.6. The van der Waals surface area contributed by atoms with Gasteiger partial charge in [-0.25, -0.2) is 8.42 Å². The van der Waals surface area contributed by atoms with Crippen molar-refractivity contribution >= 4 is 9.84 Å². The van der Waals surface area contributed by atoms with Crippen molar-refractivity contribution in [3.05, 3.63) is 75.0 Å². The van der Waals surface area contributed by atoms with E-state index in [0.717, 1.165) is 6.26 Å². The van der Waals surface area contributed by atoms with Gasteiger partial charge >= 0.3 is 0 Å². The largest absolute Gasteiger partial charge is 0.285 e. The first kappa shape index (κ1) is 14.4. The molecule has 5 heteroatoms. The highest BCUT2D eigenvalue weighted by molar-refractivity contribution is 7.90. The van der Waals surface area contributed by atoms with E-state index in [1.54, 1.807) is 36.4 Å². The first-order chi connectivity index (χ1) is 10.4. The lowest BCUT2D eigenvalue weighted by Gasteiger charge is -2.11. The highest BCUT2D eigenvalue weighted by Gasteiger charge is 2.23. The van der Waals surface area contributed by atoms with Crippen molar-refractivity contribution in [2.45, 2.75) is 4.90 Å². The van der Waals surface area contributed by atoms with Crippen LogP contribution in [0.3, 0.4) is 0 Å². The summed E-state index contributed by atoms with van der Waals surface area (Å²) in [6.45, 7) is 0. The maximum atomic E-state index is 11.9. The standard InChI is InChI=1S/C17H12O4S/c1-22(20,21)13-9-7-12(8-10-13)15-14(16(18)17(15)19)11-5-3-2-4-6-11/h2-10H,1H3. The van der Waals surface area contributed by atoms with Crippen LogP contribution in [0.25, 0.3) is 22.3 Å². The Bertz CT molecular complexity index is 1010. The van der Waals surface area contributed by atoms with E-state index >= 15 is 0 Å². The third kappa shape index (κ3) is 2.29. The van der Waals surface area contributed by atoms with Gasteiger partial charge in [-0.2, -0.15) is 0 Å². The molecule has 0 aliphatic carbocycles. The van der Waals surface area contributed by atoms with Gasteiger partial charge in [-0.3, -0.25) is 9.59 Å². The van der Waals surface area contributed by atoms with Crippen LogP contribution in [0, 0.1) is 0 Å². The lowest BCUT2D eigenvalue weighted by molar-refractivity contribution is 0.602. The van der Waals surface area contributed by atoms with E-state index < -0.39 is 20.7 Å². The summed E-state index contributed by atoms with van der Waals surface area (Å²) in [4.78, 5) is 23.9. The third-order valence-electron chi connectivity index (χ3n) is 3.54. The highest BCUT2D eigenvalue weighted by atomic mass is 32.2.